The van der Waals surface area contributed by atoms with Crippen LogP contribution in [0.4, 0.5) is 11.4 Å². The summed E-state index contributed by atoms with van der Waals surface area (Å²) in [5.41, 5.74) is 1.13. The number of nitrogens with one attached hydrogen (secondary N) is 2. The van der Waals surface area contributed by atoms with Gasteiger partial charge >= 0.3 is 0 Å². The Hall–Kier alpha value is -1.82. The van der Waals surface area contributed by atoms with Crippen LogP contribution in [-0.4, -0.2) is 23.4 Å². The summed E-state index contributed by atoms with van der Waals surface area (Å²) >= 11 is 5.86. The minimum atomic E-state index is -0.531. The lowest BCUT2D eigenvalue weighted by molar-refractivity contribution is -0.384. The second-order valence-corrected chi connectivity index (χ2v) is 4.94. The highest BCUT2D eigenvalue weighted by atomic mass is 35.5. The number of carbonyl (C=O) groups excluding carboxylic acids is 1. The lowest BCUT2D eigenvalue weighted by Gasteiger charge is -2.17. The third-order valence-electron chi connectivity index (χ3n) is 2.81. The van der Waals surface area contributed by atoms with Crippen molar-refractivity contribution in [3.8, 4) is 0 Å². The second kappa shape index (κ2) is 7.09. The quantitative estimate of drug-likeness (QED) is 0.625. The van der Waals surface area contributed by atoms with E-state index in [1.165, 1.54) is 12.1 Å². The van der Waals surface area contributed by atoms with Crippen molar-refractivity contribution >= 4 is 28.9 Å². The van der Waals surface area contributed by atoms with Gasteiger partial charge < -0.3 is 10.6 Å². The smallest absolute Gasteiger partial charge is 0.288 e. The number of carbonyl (C=O) groups is 1. The lowest BCUT2D eigenvalue weighted by atomic mass is 10.1. The predicted molar refractivity (Wildman–Crippen MR) is 79.2 cm³/mol. The fraction of sp³-hybridized carbons (Fsp3) is 0.462. The second-order valence-electron chi connectivity index (χ2n) is 4.53. The Labute approximate surface area is 122 Å². The van der Waals surface area contributed by atoms with Crippen molar-refractivity contribution in [3.05, 3.63) is 32.8 Å². The summed E-state index contributed by atoms with van der Waals surface area (Å²) in [6, 6.07) is 2.41. The number of nitro groups is 1. The molecule has 1 rings (SSSR count). The summed E-state index contributed by atoms with van der Waals surface area (Å²) in [7, 11) is 0. The van der Waals surface area contributed by atoms with Gasteiger partial charge in [0.15, 0.2) is 0 Å². The molecular formula is C13H18ClN3O3. The first-order chi connectivity index (χ1) is 9.36. The van der Waals surface area contributed by atoms with Crippen LogP contribution in [0.5, 0.6) is 0 Å². The zero-order valence-corrected chi connectivity index (χ0v) is 12.5. The van der Waals surface area contributed by atoms with Gasteiger partial charge in [0, 0.05) is 18.3 Å². The first kappa shape index (κ1) is 16.2. The van der Waals surface area contributed by atoms with Crippen molar-refractivity contribution in [3.63, 3.8) is 0 Å². The highest BCUT2D eigenvalue weighted by Gasteiger charge is 2.18. The molecule has 0 saturated carbocycles. The summed E-state index contributed by atoms with van der Waals surface area (Å²) < 4.78 is 0. The van der Waals surface area contributed by atoms with Crippen molar-refractivity contribution in [2.45, 2.75) is 33.2 Å². The summed E-state index contributed by atoms with van der Waals surface area (Å²) in [5.74, 6) is -0.124. The zero-order valence-electron chi connectivity index (χ0n) is 11.7. The number of hydrogen-bond donors (Lipinski definition) is 2. The molecule has 0 aliphatic heterocycles. The number of nitrogens with zero attached hydrogens (tertiary/aromatic N) is 1. The summed E-state index contributed by atoms with van der Waals surface area (Å²) in [6.45, 7) is 6.03. The van der Waals surface area contributed by atoms with Crippen LogP contribution in [0.1, 0.15) is 25.8 Å². The van der Waals surface area contributed by atoms with E-state index < -0.39 is 11.0 Å². The van der Waals surface area contributed by atoms with E-state index in [9.17, 15) is 14.9 Å². The Balaban J connectivity index is 2.85. The fourth-order valence-corrected chi connectivity index (χ4v) is 1.89. The van der Waals surface area contributed by atoms with E-state index in [2.05, 4.69) is 10.6 Å². The molecule has 1 unspecified atom stereocenters. The Morgan fingerprint density at radius 2 is 2.15 bits per heavy atom. The van der Waals surface area contributed by atoms with Crippen molar-refractivity contribution < 1.29 is 9.72 Å². The van der Waals surface area contributed by atoms with Gasteiger partial charge in [0.1, 0.15) is 11.1 Å². The minimum absolute atomic E-state index is 0.0456. The Morgan fingerprint density at radius 1 is 1.50 bits per heavy atom. The standard InChI is InChI=1S/C13H18ClN3O3/c1-4-5-15-13(18)9(3)16-11-7-10(14)12(17(19)20)6-8(11)2/h6-7,9,16H,4-5H2,1-3H3,(H,15,18). The van der Waals surface area contributed by atoms with Gasteiger partial charge in [-0.15, -0.1) is 0 Å². The van der Waals surface area contributed by atoms with E-state index in [4.69, 9.17) is 11.6 Å². The fourth-order valence-electron chi connectivity index (χ4n) is 1.66. The van der Waals surface area contributed by atoms with E-state index in [0.29, 0.717) is 17.8 Å². The van der Waals surface area contributed by atoms with Gasteiger partial charge in [-0.1, -0.05) is 18.5 Å². The molecule has 0 aliphatic rings. The van der Waals surface area contributed by atoms with Crippen molar-refractivity contribution in [2.75, 3.05) is 11.9 Å². The average Bonchev–Trinajstić information content (AvgIpc) is 2.39. The molecule has 7 heteroatoms. The van der Waals surface area contributed by atoms with E-state index in [1.54, 1.807) is 13.8 Å². The molecule has 0 radical (unpaired) electrons. The number of benzene rings is 1. The summed E-state index contributed by atoms with van der Waals surface area (Å²) in [6.07, 6.45) is 0.862. The number of nitro benzene ring substituents is 1. The van der Waals surface area contributed by atoms with Gasteiger partial charge in [0.25, 0.3) is 5.69 Å². The molecule has 110 valence electrons. The van der Waals surface area contributed by atoms with Crippen LogP contribution < -0.4 is 10.6 Å². The molecule has 2 N–H and O–H groups in total. The zero-order chi connectivity index (χ0) is 15.3. The average molecular weight is 300 g/mol. The molecular weight excluding hydrogens is 282 g/mol. The predicted octanol–water partition coefficient (Wildman–Crippen LogP) is 2.88. The van der Waals surface area contributed by atoms with Crippen molar-refractivity contribution in [1.29, 1.82) is 0 Å². The molecule has 0 bridgehead atoms. The normalized spacial score (nSPS) is 11.8. The highest BCUT2D eigenvalue weighted by molar-refractivity contribution is 6.33. The number of hydrogen-bond acceptors (Lipinski definition) is 4. The molecule has 6 nitrogen and oxygen atoms in total. The first-order valence-corrected chi connectivity index (χ1v) is 6.73. The maximum absolute atomic E-state index is 11.8. The van der Waals surface area contributed by atoms with Gasteiger partial charge in [-0.05, 0) is 31.9 Å². The molecule has 20 heavy (non-hydrogen) atoms. The highest BCUT2D eigenvalue weighted by Crippen LogP contribution is 2.30. The van der Waals surface area contributed by atoms with Gasteiger partial charge in [0.2, 0.25) is 5.91 Å². The number of rotatable bonds is 6. The monoisotopic (exact) mass is 299 g/mol. The van der Waals surface area contributed by atoms with Crippen LogP contribution in [0.25, 0.3) is 0 Å². The third kappa shape index (κ3) is 4.09. The molecule has 0 aromatic heterocycles. The van der Waals surface area contributed by atoms with Crippen LogP contribution in [0, 0.1) is 17.0 Å². The van der Waals surface area contributed by atoms with E-state index in [0.717, 1.165) is 6.42 Å². The number of aryl methyl sites for hydroxylation is 1. The first-order valence-electron chi connectivity index (χ1n) is 6.35. The molecule has 0 spiro atoms. The lowest BCUT2D eigenvalue weighted by Crippen LogP contribution is -2.38. The molecule has 1 aromatic rings. The van der Waals surface area contributed by atoms with Crippen LogP contribution in [0.3, 0.4) is 0 Å². The maximum atomic E-state index is 11.8. The van der Waals surface area contributed by atoms with Gasteiger partial charge in [-0.3, -0.25) is 14.9 Å². The molecule has 0 heterocycles. The topological polar surface area (TPSA) is 84.3 Å². The van der Waals surface area contributed by atoms with Crippen molar-refractivity contribution in [2.24, 2.45) is 0 Å². The minimum Gasteiger partial charge on any atom is -0.374 e. The Kier molecular flexibility index (Phi) is 5.76. The van der Waals surface area contributed by atoms with Crippen LogP contribution in [0.15, 0.2) is 12.1 Å². The Bertz CT molecular complexity index is 520. The van der Waals surface area contributed by atoms with Gasteiger partial charge in [0.05, 0.1) is 4.92 Å². The molecule has 1 atom stereocenters. The number of amides is 1. The molecule has 0 aliphatic carbocycles. The molecule has 0 saturated heterocycles. The van der Waals surface area contributed by atoms with Crippen LogP contribution in [-0.2, 0) is 4.79 Å². The maximum Gasteiger partial charge on any atom is 0.288 e. The Morgan fingerprint density at radius 3 is 2.70 bits per heavy atom. The molecule has 1 aromatic carbocycles. The number of anilines is 1. The third-order valence-corrected chi connectivity index (χ3v) is 3.11. The van der Waals surface area contributed by atoms with E-state index in [1.807, 2.05) is 6.92 Å². The molecule has 1 amide bonds. The summed E-state index contributed by atoms with van der Waals surface area (Å²) in [4.78, 5) is 22.0. The molecule has 0 fully saturated rings. The van der Waals surface area contributed by atoms with E-state index in [-0.39, 0.29) is 16.6 Å². The van der Waals surface area contributed by atoms with E-state index >= 15 is 0 Å². The largest absolute Gasteiger partial charge is 0.374 e. The van der Waals surface area contributed by atoms with Crippen molar-refractivity contribution in [1.82, 2.24) is 5.32 Å². The van der Waals surface area contributed by atoms with Gasteiger partial charge in [-0.2, -0.15) is 0 Å². The van der Waals surface area contributed by atoms with Gasteiger partial charge in [-0.25, -0.2) is 0 Å². The van der Waals surface area contributed by atoms with Crippen LogP contribution in [0.2, 0.25) is 5.02 Å². The SMILES string of the molecule is CCCNC(=O)C(C)Nc1cc(Cl)c([N+](=O)[O-])cc1C. The van der Waals surface area contributed by atoms with Crippen LogP contribution >= 0.6 is 11.6 Å². The number of halogens is 1. The summed E-state index contributed by atoms with van der Waals surface area (Å²) in [5, 5.41) is 16.6.